The third kappa shape index (κ3) is 4.06. The maximum absolute atomic E-state index is 15.2. The van der Waals surface area contributed by atoms with Gasteiger partial charge in [0.15, 0.2) is 5.82 Å². The molecule has 4 heterocycles. The van der Waals surface area contributed by atoms with Crippen molar-refractivity contribution in [1.29, 1.82) is 0 Å². The minimum Gasteiger partial charge on any atom is -0.342 e. The zero-order chi connectivity index (χ0) is 24.9. The number of imidazole rings is 1. The Kier molecular flexibility index (Phi) is 5.60. The van der Waals surface area contributed by atoms with E-state index in [9.17, 15) is 4.79 Å². The van der Waals surface area contributed by atoms with Crippen molar-refractivity contribution in [3.8, 4) is 22.4 Å². The molecule has 2 N–H and O–H groups in total. The molecule has 0 aliphatic carbocycles. The van der Waals surface area contributed by atoms with Crippen LogP contribution in [-0.2, 0) is 7.05 Å². The van der Waals surface area contributed by atoms with E-state index in [-0.39, 0.29) is 22.3 Å². The molecule has 1 aromatic carbocycles. The summed E-state index contributed by atoms with van der Waals surface area (Å²) in [6.07, 6.45) is 3.47. The van der Waals surface area contributed by atoms with E-state index in [4.69, 9.17) is 11.6 Å². The highest BCUT2D eigenvalue weighted by molar-refractivity contribution is 6.32. The number of benzene rings is 1. The van der Waals surface area contributed by atoms with Gasteiger partial charge >= 0.3 is 0 Å². The van der Waals surface area contributed by atoms with Crippen LogP contribution in [-0.4, -0.2) is 40.3 Å². The number of aromatic nitrogens is 7. The number of fused-ring (bicyclic) bond motifs is 1. The van der Waals surface area contributed by atoms with Crippen molar-refractivity contribution >= 4 is 23.2 Å². The van der Waals surface area contributed by atoms with Gasteiger partial charge in [0.2, 0.25) is 0 Å². The number of hydrogen-bond donors (Lipinski definition) is 2. The standard InChI is InChI=1S/C24H22ClFN8O/c1-12-17(11-33(4)32-12)16-6-5-7-18(26)20(16)21-22(25)34-9-8-15(10-19(34)29-21)24(35)27-13(2)23-28-14(3)30-31-23/h5-11,13H,1-4H3,(H,27,35)(H,28,30,31)/t13-/m0/s1. The van der Waals surface area contributed by atoms with Crippen LogP contribution in [0.3, 0.4) is 0 Å². The molecular weight excluding hydrogens is 471 g/mol. The molecule has 11 heteroatoms. The van der Waals surface area contributed by atoms with E-state index in [0.29, 0.717) is 28.4 Å². The molecule has 0 radical (unpaired) electrons. The summed E-state index contributed by atoms with van der Waals surface area (Å²) in [6, 6.07) is 7.67. The monoisotopic (exact) mass is 492 g/mol. The van der Waals surface area contributed by atoms with Crippen LogP contribution in [0.2, 0.25) is 5.15 Å². The second-order valence-corrected chi connectivity index (χ2v) is 8.69. The Balaban J connectivity index is 1.54. The minimum atomic E-state index is -0.454. The molecule has 0 spiro atoms. The van der Waals surface area contributed by atoms with Gasteiger partial charge in [-0.15, -0.1) is 0 Å². The molecule has 1 amide bonds. The first-order chi connectivity index (χ1) is 16.7. The van der Waals surface area contributed by atoms with E-state index in [0.717, 1.165) is 11.3 Å². The Labute approximate surface area is 205 Å². The smallest absolute Gasteiger partial charge is 0.252 e. The van der Waals surface area contributed by atoms with Gasteiger partial charge in [-0.1, -0.05) is 23.7 Å². The summed E-state index contributed by atoms with van der Waals surface area (Å²) >= 11 is 6.66. The van der Waals surface area contributed by atoms with Gasteiger partial charge in [0, 0.05) is 36.1 Å². The predicted molar refractivity (Wildman–Crippen MR) is 130 cm³/mol. The fourth-order valence-corrected chi connectivity index (χ4v) is 4.35. The molecule has 0 unspecified atom stereocenters. The third-order valence-corrected chi connectivity index (χ3v) is 6.09. The summed E-state index contributed by atoms with van der Waals surface area (Å²) in [6.45, 7) is 5.44. The lowest BCUT2D eigenvalue weighted by atomic mass is 9.98. The van der Waals surface area contributed by atoms with Gasteiger partial charge in [-0.3, -0.25) is 19.0 Å². The third-order valence-electron chi connectivity index (χ3n) is 5.73. The average molecular weight is 493 g/mol. The van der Waals surface area contributed by atoms with Crippen molar-refractivity contribution in [3.63, 3.8) is 0 Å². The van der Waals surface area contributed by atoms with Gasteiger partial charge in [0.25, 0.3) is 5.91 Å². The number of nitrogens with zero attached hydrogens (tertiary/aromatic N) is 6. The lowest BCUT2D eigenvalue weighted by Crippen LogP contribution is -2.27. The Morgan fingerprint density at radius 3 is 2.69 bits per heavy atom. The van der Waals surface area contributed by atoms with Crippen LogP contribution < -0.4 is 5.32 Å². The van der Waals surface area contributed by atoms with Crippen molar-refractivity contribution in [2.24, 2.45) is 7.05 Å². The van der Waals surface area contributed by atoms with E-state index in [2.05, 4.69) is 30.6 Å². The molecule has 5 aromatic rings. The highest BCUT2D eigenvalue weighted by atomic mass is 35.5. The number of aromatic amines is 1. The van der Waals surface area contributed by atoms with E-state index in [1.807, 2.05) is 26.2 Å². The van der Waals surface area contributed by atoms with E-state index in [1.54, 1.807) is 47.3 Å². The van der Waals surface area contributed by atoms with Crippen LogP contribution in [0.4, 0.5) is 4.39 Å². The number of halogens is 2. The number of H-pyrrole nitrogens is 1. The van der Waals surface area contributed by atoms with E-state index in [1.165, 1.54) is 6.07 Å². The number of nitrogens with one attached hydrogen (secondary N) is 2. The fraction of sp³-hybridized carbons (Fsp3) is 0.208. The first-order valence-electron chi connectivity index (χ1n) is 10.9. The lowest BCUT2D eigenvalue weighted by molar-refractivity contribution is 0.0938. The molecule has 0 aliphatic rings. The van der Waals surface area contributed by atoms with E-state index >= 15 is 4.39 Å². The minimum absolute atomic E-state index is 0.240. The second-order valence-electron chi connectivity index (χ2n) is 8.33. The summed E-state index contributed by atoms with van der Waals surface area (Å²) in [5.41, 5.74) is 3.52. The molecule has 0 saturated heterocycles. The maximum atomic E-state index is 15.2. The molecule has 178 valence electrons. The summed E-state index contributed by atoms with van der Waals surface area (Å²) in [5, 5.41) is 14.3. The molecule has 9 nitrogen and oxygen atoms in total. The molecule has 0 aliphatic heterocycles. The van der Waals surface area contributed by atoms with E-state index < -0.39 is 11.9 Å². The van der Waals surface area contributed by atoms with Gasteiger partial charge in [-0.2, -0.15) is 10.2 Å². The van der Waals surface area contributed by atoms with Gasteiger partial charge in [-0.25, -0.2) is 14.4 Å². The molecule has 4 aromatic heterocycles. The maximum Gasteiger partial charge on any atom is 0.252 e. The number of amides is 1. The first-order valence-corrected chi connectivity index (χ1v) is 11.3. The van der Waals surface area contributed by atoms with Crippen molar-refractivity contribution in [2.75, 3.05) is 0 Å². The van der Waals surface area contributed by atoms with Crippen LogP contribution in [0.1, 0.15) is 40.7 Å². The second kappa shape index (κ2) is 8.62. The summed E-state index contributed by atoms with van der Waals surface area (Å²) in [5.74, 6) is 0.377. The summed E-state index contributed by atoms with van der Waals surface area (Å²) < 4.78 is 18.5. The van der Waals surface area contributed by atoms with Crippen molar-refractivity contribution in [3.05, 3.63) is 76.6 Å². The van der Waals surface area contributed by atoms with Crippen LogP contribution in [0.5, 0.6) is 0 Å². The number of hydrogen-bond acceptors (Lipinski definition) is 5. The van der Waals surface area contributed by atoms with Gasteiger partial charge in [0.1, 0.15) is 28.1 Å². The molecule has 0 fully saturated rings. The molecule has 0 saturated carbocycles. The molecule has 5 rings (SSSR count). The van der Waals surface area contributed by atoms with Crippen LogP contribution in [0.25, 0.3) is 28.0 Å². The van der Waals surface area contributed by atoms with Crippen LogP contribution in [0, 0.1) is 19.7 Å². The SMILES string of the molecule is Cc1nc([C@H](C)NC(=O)c2ccn3c(Cl)c(-c4c(F)cccc4-c4cn(C)nc4C)nc3c2)n[nH]1. The van der Waals surface area contributed by atoms with Gasteiger partial charge in [0.05, 0.1) is 11.7 Å². The summed E-state index contributed by atoms with van der Waals surface area (Å²) in [7, 11) is 1.81. The topological polar surface area (TPSA) is 106 Å². The fourth-order valence-electron chi connectivity index (χ4n) is 4.07. The average Bonchev–Trinajstić information content (AvgIpc) is 3.50. The largest absolute Gasteiger partial charge is 0.342 e. The first kappa shape index (κ1) is 22.7. The number of aryl methyl sites for hydroxylation is 3. The zero-order valence-electron chi connectivity index (χ0n) is 19.5. The quantitative estimate of drug-likeness (QED) is 0.378. The Hall–Kier alpha value is -4.05. The number of rotatable bonds is 5. The Morgan fingerprint density at radius 1 is 1.20 bits per heavy atom. The normalized spacial score (nSPS) is 12.3. The predicted octanol–water partition coefficient (Wildman–Crippen LogP) is 4.42. The van der Waals surface area contributed by atoms with Crippen molar-refractivity contribution in [1.82, 2.24) is 39.7 Å². The van der Waals surface area contributed by atoms with Crippen LogP contribution in [0.15, 0.2) is 42.7 Å². The zero-order valence-corrected chi connectivity index (χ0v) is 20.2. The molecular formula is C24H22ClFN8O. The van der Waals surface area contributed by atoms with Gasteiger partial charge in [-0.05, 0) is 44.5 Å². The summed E-state index contributed by atoms with van der Waals surface area (Å²) in [4.78, 5) is 21.7. The van der Waals surface area contributed by atoms with Crippen molar-refractivity contribution in [2.45, 2.75) is 26.8 Å². The Bertz CT molecular complexity index is 1580. The van der Waals surface area contributed by atoms with Crippen molar-refractivity contribution < 1.29 is 9.18 Å². The molecule has 1 atom stereocenters. The lowest BCUT2D eigenvalue weighted by Gasteiger charge is -2.10. The number of carbonyl (C=O) groups excluding carboxylic acids is 1. The highest BCUT2D eigenvalue weighted by Crippen LogP contribution is 2.38. The highest BCUT2D eigenvalue weighted by Gasteiger charge is 2.23. The Morgan fingerprint density at radius 2 is 2.00 bits per heavy atom. The number of pyridine rings is 1. The number of carbonyl (C=O) groups is 1. The van der Waals surface area contributed by atoms with Crippen LogP contribution >= 0.6 is 11.6 Å². The molecule has 35 heavy (non-hydrogen) atoms. The van der Waals surface area contributed by atoms with Gasteiger partial charge < -0.3 is 5.32 Å². The molecule has 0 bridgehead atoms.